The second-order valence-electron chi connectivity index (χ2n) is 5.00. The number of Topliss-reactive ketones (excluding diaryl/α,β-unsaturated/α-hetero) is 2. The van der Waals surface area contributed by atoms with Crippen molar-refractivity contribution in [3.8, 4) is 0 Å². The van der Waals surface area contributed by atoms with Crippen molar-refractivity contribution in [2.45, 2.75) is 39.5 Å². The van der Waals surface area contributed by atoms with Crippen molar-refractivity contribution in [1.82, 2.24) is 0 Å². The average molecular weight is 230 g/mol. The van der Waals surface area contributed by atoms with E-state index in [2.05, 4.69) is 0 Å². The van der Waals surface area contributed by atoms with Crippen LogP contribution in [0.25, 0.3) is 0 Å². The van der Waals surface area contributed by atoms with E-state index in [1.807, 2.05) is 32.0 Å². The highest BCUT2D eigenvalue weighted by Gasteiger charge is 2.26. The first kappa shape index (κ1) is 12.0. The molecule has 1 unspecified atom stereocenters. The van der Waals surface area contributed by atoms with Gasteiger partial charge in [0.05, 0.1) is 0 Å². The monoisotopic (exact) mass is 230 g/mol. The van der Waals surface area contributed by atoms with Crippen molar-refractivity contribution in [3.05, 3.63) is 34.9 Å². The van der Waals surface area contributed by atoms with E-state index in [-0.39, 0.29) is 17.5 Å². The number of ketones is 2. The third-order valence-corrected chi connectivity index (χ3v) is 3.64. The van der Waals surface area contributed by atoms with Crippen LogP contribution in [0.3, 0.4) is 0 Å². The van der Waals surface area contributed by atoms with Gasteiger partial charge in [-0.2, -0.15) is 0 Å². The van der Waals surface area contributed by atoms with Crippen molar-refractivity contribution in [1.29, 1.82) is 0 Å². The Bertz CT molecular complexity index is 460. The third kappa shape index (κ3) is 2.63. The highest BCUT2D eigenvalue weighted by molar-refractivity contribution is 6.00. The zero-order valence-corrected chi connectivity index (χ0v) is 10.5. The SMILES string of the molecule is Cc1ccc(C(=O)C2CCCC(=O)C2)cc1C. The quantitative estimate of drug-likeness (QED) is 0.731. The second kappa shape index (κ2) is 4.82. The van der Waals surface area contributed by atoms with E-state index < -0.39 is 0 Å². The fourth-order valence-corrected chi connectivity index (χ4v) is 2.38. The predicted octanol–water partition coefficient (Wildman–Crippen LogP) is 3.25. The molecule has 0 amide bonds. The van der Waals surface area contributed by atoms with Crippen LogP contribution in [-0.2, 0) is 4.79 Å². The van der Waals surface area contributed by atoms with Crippen LogP contribution in [0.15, 0.2) is 18.2 Å². The summed E-state index contributed by atoms with van der Waals surface area (Å²) in [7, 11) is 0. The Kier molecular flexibility index (Phi) is 3.41. The molecular formula is C15H18O2. The Labute approximate surface area is 102 Å². The van der Waals surface area contributed by atoms with Gasteiger partial charge in [-0.3, -0.25) is 9.59 Å². The van der Waals surface area contributed by atoms with Crippen LogP contribution < -0.4 is 0 Å². The fourth-order valence-electron chi connectivity index (χ4n) is 2.38. The van der Waals surface area contributed by atoms with E-state index in [9.17, 15) is 9.59 Å². The summed E-state index contributed by atoms with van der Waals surface area (Å²) in [5, 5.41) is 0. The van der Waals surface area contributed by atoms with Crippen LogP contribution in [0, 0.1) is 19.8 Å². The van der Waals surface area contributed by atoms with Crippen LogP contribution in [0.4, 0.5) is 0 Å². The van der Waals surface area contributed by atoms with E-state index in [1.54, 1.807) is 0 Å². The lowest BCUT2D eigenvalue weighted by Crippen LogP contribution is -2.23. The lowest BCUT2D eigenvalue weighted by Gasteiger charge is -2.19. The summed E-state index contributed by atoms with van der Waals surface area (Å²) in [6.45, 7) is 4.05. The van der Waals surface area contributed by atoms with Crippen molar-refractivity contribution < 1.29 is 9.59 Å². The first-order valence-corrected chi connectivity index (χ1v) is 6.21. The topological polar surface area (TPSA) is 34.1 Å². The first-order chi connectivity index (χ1) is 8.08. The standard InChI is InChI=1S/C15H18O2/c1-10-6-7-13(8-11(10)2)15(17)12-4-3-5-14(16)9-12/h6-8,12H,3-5,9H2,1-2H3. The molecule has 0 bridgehead atoms. The number of benzene rings is 1. The summed E-state index contributed by atoms with van der Waals surface area (Å²) in [5.74, 6) is 0.290. The molecular weight excluding hydrogens is 212 g/mol. The maximum absolute atomic E-state index is 12.3. The Morgan fingerprint density at radius 3 is 2.65 bits per heavy atom. The van der Waals surface area contributed by atoms with Gasteiger partial charge < -0.3 is 0 Å². The molecule has 2 rings (SSSR count). The highest BCUT2D eigenvalue weighted by Crippen LogP contribution is 2.25. The third-order valence-electron chi connectivity index (χ3n) is 3.64. The minimum Gasteiger partial charge on any atom is -0.300 e. The van der Waals surface area contributed by atoms with Crippen molar-refractivity contribution in [3.63, 3.8) is 0 Å². The molecule has 0 spiro atoms. The molecule has 0 aromatic heterocycles. The molecule has 1 aliphatic carbocycles. The summed E-state index contributed by atoms with van der Waals surface area (Å²) in [6, 6.07) is 5.80. The minimum absolute atomic E-state index is 0.0849. The second-order valence-corrected chi connectivity index (χ2v) is 5.00. The first-order valence-electron chi connectivity index (χ1n) is 6.21. The number of carbonyl (C=O) groups is 2. The summed E-state index contributed by atoms with van der Waals surface area (Å²) in [4.78, 5) is 23.6. The van der Waals surface area contributed by atoms with E-state index in [4.69, 9.17) is 0 Å². The zero-order chi connectivity index (χ0) is 12.4. The van der Waals surface area contributed by atoms with Gasteiger partial charge in [-0.15, -0.1) is 0 Å². The molecule has 90 valence electrons. The summed E-state index contributed by atoms with van der Waals surface area (Å²) in [6.07, 6.45) is 2.81. The fraction of sp³-hybridized carbons (Fsp3) is 0.467. The van der Waals surface area contributed by atoms with Crippen molar-refractivity contribution in [2.75, 3.05) is 0 Å². The summed E-state index contributed by atoms with van der Waals surface area (Å²) >= 11 is 0. The van der Waals surface area contributed by atoms with Crippen LogP contribution in [-0.4, -0.2) is 11.6 Å². The van der Waals surface area contributed by atoms with Gasteiger partial charge >= 0.3 is 0 Å². The molecule has 1 aromatic rings. The van der Waals surface area contributed by atoms with E-state index >= 15 is 0 Å². The highest BCUT2D eigenvalue weighted by atomic mass is 16.1. The molecule has 1 atom stereocenters. The van der Waals surface area contributed by atoms with E-state index in [1.165, 1.54) is 5.56 Å². The Hall–Kier alpha value is -1.44. The van der Waals surface area contributed by atoms with Crippen LogP contribution in [0.2, 0.25) is 0 Å². The van der Waals surface area contributed by atoms with Gasteiger partial charge in [0.15, 0.2) is 5.78 Å². The van der Waals surface area contributed by atoms with Gasteiger partial charge in [0, 0.05) is 24.3 Å². The van der Waals surface area contributed by atoms with Gasteiger partial charge in [0.1, 0.15) is 5.78 Å². The lowest BCUT2D eigenvalue weighted by molar-refractivity contribution is -0.121. The molecule has 2 heteroatoms. The van der Waals surface area contributed by atoms with Gasteiger partial charge in [-0.25, -0.2) is 0 Å². The molecule has 2 nitrogen and oxygen atoms in total. The van der Waals surface area contributed by atoms with Gasteiger partial charge in [0.2, 0.25) is 0 Å². The van der Waals surface area contributed by atoms with E-state index in [0.29, 0.717) is 12.8 Å². The molecule has 0 N–H and O–H groups in total. The lowest BCUT2D eigenvalue weighted by atomic mass is 9.83. The van der Waals surface area contributed by atoms with Gasteiger partial charge in [-0.05, 0) is 43.9 Å². The number of hydrogen-bond donors (Lipinski definition) is 0. The molecule has 0 aliphatic heterocycles. The maximum Gasteiger partial charge on any atom is 0.166 e. The molecule has 0 heterocycles. The average Bonchev–Trinajstić information content (AvgIpc) is 2.32. The predicted molar refractivity (Wildman–Crippen MR) is 67.2 cm³/mol. The molecule has 17 heavy (non-hydrogen) atoms. The van der Waals surface area contributed by atoms with Gasteiger partial charge in [-0.1, -0.05) is 12.1 Å². The number of hydrogen-bond acceptors (Lipinski definition) is 2. The molecule has 0 radical (unpaired) electrons. The molecule has 1 aliphatic rings. The smallest absolute Gasteiger partial charge is 0.166 e. The maximum atomic E-state index is 12.3. The number of carbonyl (C=O) groups excluding carboxylic acids is 2. The Morgan fingerprint density at radius 2 is 2.00 bits per heavy atom. The normalized spacial score (nSPS) is 20.4. The largest absolute Gasteiger partial charge is 0.300 e. The molecule has 1 aromatic carbocycles. The molecule has 1 fully saturated rings. The van der Waals surface area contributed by atoms with Crippen LogP contribution >= 0.6 is 0 Å². The van der Waals surface area contributed by atoms with Crippen LogP contribution in [0.5, 0.6) is 0 Å². The molecule has 0 saturated heterocycles. The Balaban J connectivity index is 2.18. The number of aryl methyl sites for hydroxylation is 2. The van der Waals surface area contributed by atoms with Crippen molar-refractivity contribution >= 4 is 11.6 Å². The van der Waals surface area contributed by atoms with E-state index in [0.717, 1.165) is 24.0 Å². The van der Waals surface area contributed by atoms with Crippen LogP contribution in [0.1, 0.15) is 47.2 Å². The molecule has 1 saturated carbocycles. The van der Waals surface area contributed by atoms with Gasteiger partial charge in [0.25, 0.3) is 0 Å². The number of rotatable bonds is 2. The summed E-state index contributed by atoms with van der Waals surface area (Å²) in [5.41, 5.74) is 3.09. The van der Waals surface area contributed by atoms with Crippen molar-refractivity contribution in [2.24, 2.45) is 5.92 Å². The zero-order valence-electron chi connectivity index (χ0n) is 10.5. The minimum atomic E-state index is -0.0849. The Morgan fingerprint density at radius 1 is 1.24 bits per heavy atom. The summed E-state index contributed by atoms with van der Waals surface area (Å²) < 4.78 is 0.